The highest BCUT2D eigenvalue weighted by atomic mass is 16.6. The van der Waals surface area contributed by atoms with Gasteiger partial charge >= 0.3 is 5.97 Å². The van der Waals surface area contributed by atoms with Crippen LogP contribution in [-0.2, 0) is 9.53 Å². The molecule has 2 unspecified atom stereocenters. The second-order valence-electron chi connectivity index (χ2n) is 5.98. The summed E-state index contributed by atoms with van der Waals surface area (Å²) in [7, 11) is 0. The van der Waals surface area contributed by atoms with Gasteiger partial charge in [0.1, 0.15) is 11.6 Å². The molecule has 0 heterocycles. The Kier molecular flexibility index (Phi) is 4.36. The van der Waals surface area contributed by atoms with Crippen LogP contribution in [0.4, 0.5) is 0 Å². The molecule has 0 aliphatic heterocycles. The van der Waals surface area contributed by atoms with Crippen molar-refractivity contribution in [2.24, 2.45) is 11.8 Å². The first-order valence-corrected chi connectivity index (χ1v) is 6.26. The Labute approximate surface area is 98.9 Å². The Morgan fingerprint density at radius 2 is 1.94 bits per heavy atom. The predicted octanol–water partition coefficient (Wildman–Crippen LogP) is 2.35. The van der Waals surface area contributed by atoms with Gasteiger partial charge in [0.05, 0.1) is 0 Å². The number of esters is 1. The van der Waals surface area contributed by atoms with Crippen LogP contribution in [0.5, 0.6) is 0 Å². The average molecular weight is 227 g/mol. The average Bonchev–Trinajstić information content (AvgIpc) is 2.93. The van der Waals surface area contributed by atoms with E-state index in [-0.39, 0.29) is 12.0 Å². The summed E-state index contributed by atoms with van der Waals surface area (Å²) in [5, 5.41) is 3.25. The van der Waals surface area contributed by atoms with Crippen molar-refractivity contribution >= 4 is 5.97 Å². The number of carbonyl (C=O) groups is 1. The van der Waals surface area contributed by atoms with Gasteiger partial charge in [-0.1, -0.05) is 6.92 Å². The molecule has 1 fully saturated rings. The van der Waals surface area contributed by atoms with E-state index in [0.717, 1.165) is 12.5 Å². The molecule has 0 aromatic carbocycles. The fraction of sp³-hybridized carbons (Fsp3) is 0.923. The first-order chi connectivity index (χ1) is 7.29. The monoisotopic (exact) mass is 227 g/mol. The molecule has 1 aliphatic carbocycles. The van der Waals surface area contributed by atoms with Gasteiger partial charge in [-0.05, 0) is 58.9 Å². The molecule has 0 saturated heterocycles. The molecule has 94 valence electrons. The summed E-state index contributed by atoms with van der Waals surface area (Å²) >= 11 is 0. The van der Waals surface area contributed by atoms with Crippen LogP contribution in [0.2, 0.25) is 0 Å². The van der Waals surface area contributed by atoms with Gasteiger partial charge in [0.15, 0.2) is 0 Å². The van der Waals surface area contributed by atoms with E-state index in [1.54, 1.807) is 0 Å². The molecule has 1 saturated carbocycles. The Morgan fingerprint density at radius 3 is 2.38 bits per heavy atom. The zero-order valence-electron chi connectivity index (χ0n) is 11.2. The Morgan fingerprint density at radius 1 is 1.38 bits per heavy atom. The van der Waals surface area contributed by atoms with E-state index in [1.807, 2.05) is 27.7 Å². The Bertz CT molecular complexity index is 241. The standard InChI is InChI=1S/C13H25NO2/c1-9(11-6-7-11)8-14-10(2)12(15)16-13(3,4)5/h9-11,14H,6-8H2,1-5H3. The van der Waals surface area contributed by atoms with Crippen molar-refractivity contribution in [3.05, 3.63) is 0 Å². The van der Waals surface area contributed by atoms with Crippen molar-refractivity contribution in [1.29, 1.82) is 0 Å². The fourth-order valence-electron chi connectivity index (χ4n) is 1.67. The van der Waals surface area contributed by atoms with Crippen LogP contribution in [0, 0.1) is 11.8 Å². The van der Waals surface area contributed by atoms with Crippen LogP contribution in [0.25, 0.3) is 0 Å². The molecule has 1 rings (SSSR count). The van der Waals surface area contributed by atoms with Crippen LogP contribution in [-0.4, -0.2) is 24.2 Å². The van der Waals surface area contributed by atoms with Crippen LogP contribution in [0.3, 0.4) is 0 Å². The van der Waals surface area contributed by atoms with E-state index in [0.29, 0.717) is 5.92 Å². The van der Waals surface area contributed by atoms with E-state index in [2.05, 4.69) is 12.2 Å². The molecule has 0 radical (unpaired) electrons. The lowest BCUT2D eigenvalue weighted by Crippen LogP contribution is -2.41. The summed E-state index contributed by atoms with van der Waals surface area (Å²) in [6.45, 7) is 10.7. The summed E-state index contributed by atoms with van der Waals surface area (Å²) in [6, 6.07) is -0.208. The maximum absolute atomic E-state index is 11.7. The Hall–Kier alpha value is -0.570. The number of ether oxygens (including phenoxy) is 1. The van der Waals surface area contributed by atoms with Gasteiger partial charge in [0.2, 0.25) is 0 Å². The molecular weight excluding hydrogens is 202 g/mol. The molecule has 1 N–H and O–H groups in total. The molecule has 0 aromatic rings. The van der Waals surface area contributed by atoms with Crippen molar-refractivity contribution < 1.29 is 9.53 Å². The van der Waals surface area contributed by atoms with Crippen molar-refractivity contribution in [3.63, 3.8) is 0 Å². The number of rotatable bonds is 5. The normalized spacial score (nSPS) is 20.3. The summed E-state index contributed by atoms with van der Waals surface area (Å²) in [5.74, 6) is 1.39. The van der Waals surface area contributed by atoms with E-state index in [4.69, 9.17) is 4.74 Å². The van der Waals surface area contributed by atoms with Crippen LogP contribution >= 0.6 is 0 Å². The lowest BCUT2D eigenvalue weighted by atomic mass is 10.1. The fourth-order valence-corrected chi connectivity index (χ4v) is 1.67. The predicted molar refractivity (Wildman–Crippen MR) is 65.2 cm³/mol. The first-order valence-electron chi connectivity index (χ1n) is 6.26. The number of hydrogen-bond acceptors (Lipinski definition) is 3. The topological polar surface area (TPSA) is 38.3 Å². The second-order valence-corrected chi connectivity index (χ2v) is 5.98. The SMILES string of the molecule is CC(NCC(C)C1CC1)C(=O)OC(C)(C)C. The molecular formula is C13H25NO2. The largest absolute Gasteiger partial charge is 0.459 e. The minimum Gasteiger partial charge on any atom is -0.459 e. The molecule has 0 spiro atoms. The molecule has 3 nitrogen and oxygen atoms in total. The third-order valence-corrected chi connectivity index (χ3v) is 2.93. The molecule has 1 aliphatic rings. The van der Waals surface area contributed by atoms with E-state index in [9.17, 15) is 4.79 Å². The number of nitrogens with one attached hydrogen (secondary N) is 1. The van der Waals surface area contributed by atoms with Gasteiger partial charge in [0.25, 0.3) is 0 Å². The summed E-state index contributed by atoms with van der Waals surface area (Å²) < 4.78 is 5.31. The van der Waals surface area contributed by atoms with Gasteiger partial charge in [-0.25, -0.2) is 0 Å². The minimum absolute atomic E-state index is 0.157. The molecule has 3 heteroatoms. The zero-order valence-corrected chi connectivity index (χ0v) is 11.2. The first kappa shape index (κ1) is 13.5. The Balaban J connectivity index is 2.22. The van der Waals surface area contributed by atoms with Gasteiger partial charge in [-0.2, -0.15) is 0 Å². The summed E-state index contributed by atoms with van der Waals surface area (Å²) in [5.41, 5.74) is -0.394. The minimum atomic E-state index is -0.394. The summed E-state index contributed by atoms with van der Waals surface area (Å²) in [6.07, 6.45) is 2.70. The highest BCUT2D eigenvalue weighted by Gasteiger charge is 2.28. The zero-order chi connectivity index (χ0) is 12.3. The molecule has 16 heavy (non-hydrogen) atoms. The summed E-state index contributed by atoms with van der Waals surface area (Å²) in [4.78, 5) is 11.7. The lowest BCUT2D eigenvalue weighted by molar-refractivity contribution is -0.157. The highest BCUT2D eigenvalue weighted by molar-refractivity contribution is 5.75. The van der Waals surface area contributed by atoms with Crippen LogP contribution in [0.15, 0.2) is 0 Å². The van der Waals surface area contributed by atoms with Crippen LogP contribution < -0.4 is 5.32 Å². The van der Waals surface area contributed by atoms with Gasteiger partial charge in [0, 0.05) is 0 Å². The van der Waals surface area contributed by atoms with E-state index < -0.39 is 5.60 Å². The highest BCUT2D eigenvalue weighted by Crippen LogP contribution is 2.36. The third kappa shape index (κ3) is 4.97. The van der Waals surface area contributed by atoms with Crippen molar-refractivity contribution in [1.82, 2.24) is 5.32 Å². The lowest BCUT2D eigenvalue weighted by Gasteiger charge is -2.23. The van der Waals surface area contributed by atoms with E-state index >= 15 is 0 Å². The molecule has 2 atom stereocenters. The smallest absolute Gasteiger partial charge is 0.323 e. The number of hydrogen-bond donors (Lipinski definition) is 1. The van der Waals surface area contributed by atoms with Crippen molar-refractivity contribution in [2.75, 3.05) is 6.54 Å². The molecule has 0 aromatic heterocycles. The number of carbonyl (C=O) groups excluding carboxylic acids is 1. The van der Waals surface area contributed by atoms with Gasteiger partial charge in [-0.3, -0.25) is 4.79 Å². The van der Waals surface area contributed by atoms with E-state index in [1.165, 1.54) is 12.8 Å². The van der Waals surface area contributed by atoms with Crippen LogP contribution in [0.1, 0.15) is 47.5 Å². The second kappa shape index (κ2) is 5.17. The maximum Gasteiger partial charge on any atom is 0.323 e. The van der Waals surface area contributed by atoms with Gasteiger partial charge < -0.3 is 10.1 Å². The quantitative estimate of drug-likeness (QED) is 0.733. The van der Waals surface area contributed by atoms with Crippen molar-refractivity contribution in [2.45, 2.75) is 59.1 Å². The maximum atomic E-state index is 11.7. The van der Waals surface area contributed by atoms with Crippen molar-refractivity contribution in [3.8, 4) is 0 Å². The molecule has 0 bridgehead atoms. The molecule has 0 amide bonds. The third-order valence-electron chi connectivity index (χ3n) is 2.93. The van der Waals surface area contributed by atoms with Gasteiger partial charge in [-0.15, -0.1) is 0 Å².